The highest BCUT2D eigenvalue weighted by Gasteiger charge is 2.08. The topological polar surface area (TPSA) is 53.6 Å². The Hall–Kier alpha value is -1.59. The minimum Gasteiger partial charge on any atom is -0.388 e. The fourth-order valence-electron chi connectivity index (χ4n) is 1.76. The summed E-state index contributed by atoms with van der Waals surface area (Å²) in [6, 6.07) is 5.70. The minimum atomic E-state index is -0.0543. The van der Waals surface area contributed by atoms with E-state index in [1.807, 2.05) is 46.3 Å². The number of likely N-dealkylation sites (N-methyl/N-ethyl adjacent to an activating group) is 1. The van der Waals surface area contributed by atoms with Crippen molar-refractivity contribution in [2.45, 2.75) is 6.92 Å². The average Bonchev–Trinajstić information content (AvgIpc) is 2.41. The fourth-order valence-corrected chi connectivity index (χ4v) is 1.76. The van der Waals surface area contributed by atoms with E-state index in [9.17, 15) is 4.79 Å². The Balaban J connectivity index is 2.32. The number of hydrogen-bond acceptors (Lipinski definition) is 4. The average molecular weight is 279 g/mol. The van der Waals surface area contributed by atoms with Crippen molar-refractivity contribution in [2.24, 2.45) is 0 Å². The molecule has 1 rings (SSSR count). The molecule has 0 aliphatic rings. The van der Waals surface area contributed by atoms with Gasteiger partial charge in [-0.3, -0.25) is 4.79 Å². The van der Waals surface area contributed by atoms with E-state index in [1.165, 1.54) is 0 Å². The van der Waals surface area contributed by atoms with Gasteiger partial charge in [-0.1, -0.05) is 0 Å². The van der Waals surface area contributed by atoms with Gasteiger partial charge in [-0.2, -0.15) is 0 Å². The third kappa shape index (κ3) is 5.59. The normalized spacial score (nSPS) is 10.7. The molecule has 0 fully saturated rings. The van der Waals surface area contributed by atoms with Gasteiger partial charge in [0, 0.05) is 31.4 Å². The van der Waals surface area contributed by atoms with Gasteiger partial charge in [-0.15, -0.1) is 0 Å². The molecule has 5 heteroatoms. The molecule has 0 bridgehead atoms. The molecule has 0 atom stereocenters. The summed E-state index contributed by atoms with van der Waals surface area (Å²) in [6.07, 6.45) is 0. The van der Waals surface area contributed by atoms with Crippen LogP contribution in [0.2, 0.25) is 0 Å². The number of nitrogens with zero attached hydrogens (tertiary/aromatic N) is 1. The first kappa shape index (κ1) is 16.5. The van der Waals surface area contributed by atoms with Crippen molar-refractivity contribution in [2.75, 3.05) is 52.8 Å². The molecule has 1 aromatic carbocycles. The molecule has 0 aliphatic heterocycles. The van der Waals surface area contributed by atoms with Crippen molar-refractivity contribution in [1.82, 2.24) is 10.2 Å². The number of ether oxygens (including phenoxy) is 1. The van der Waals surface area contributed by atoms with Crippen LogP contribution in [0.15, 0.2) is 18.2 Å². The van der Waals surface area contributed by atoms with Crippen molar-refractivity contribution < 1.29 is 9.53 Å². The Bertz CT molecular complexity index is 433. The molecule has 1 aromatic rings. The SMILES string of the molecule is CNc1ccc(C(=O)NCCOCCN(C)C)c(C)c1. The van der Waals surface area contributed by atoms with Gasteiger partial charge in [0.1, 0.15) is 0 Å². The number of nitrogens with one attached hydrogen (secondary N) is 2. The van der Waals surface area contributed by atoms with Gasteiger partial charge in [0.25, 0.3) is 5.91 Å². The molecule has 0 spiro atoms. The highest BCUT2D eigenvalue weighted by atomic mass is 16.5. The minimum absolute atomic E-state index is 0.0543. The lowest BCUT2D eigenvalue weighted by molar-refractivity contribution is 0.0899. The summed E-state index contributed by atoms with van der Waals surface area (Å²) in [7, 11) is 5.87. The van der Waals surface area contributed by atoms with Crippen LogP contribution in [0.1, 0.15) is 15.9 Å². The van der Waals surface area contributed by atoms with Crippen molar-refractivity contribution >= 4 is 11.6 Å². The van der Waals surface area contributed by atoms with Gasteiger partial charge in [0.15, 0.2) is 0 Å². The molecule has 0 saturated carbocycles. The molecule has 20 heavy (non-hydrogen) atoms. The van der Waals surface area contributed by atoms with E-state index in [1.54, 1.807) is 0 Å². The summed E-state index contributed by atoms with van der Waals surface area (Å²) in [6.45, 7) is 4.56. The van der Waals surface area contributed by atoms with Crippen molar-refractivity contribution in [3.8, 4) is 0 Å². The number of anilines is 1. The highest BCUT2D eigenvalue weighted by molar-refractivity contribution is 5.96. The summed E-state index contributed by atoms with van der Waals surface area (Å²) < 4.78 is 5.43. The lowest BCUT2D eigenvalue weighted by Gasteiger charge is -2.11. The van der Waals surface area contributed by atoms with E-state index < -0.39 is 0 Å². The smallest absolute Gasteiger partial charge is 0.251 e. The standard InChI is InChI=1S/C15H25N3O2/c1-12-11-13(16-2)5-6-14(12)15(19)17-7-9-20-10-8-18(3)4/h5-6,11,16H,7-10H2,1-4H3,(H,17,19). The predicted octanol–water partition coefficient (Wildman–Crippen LogP) is 1.34. The molecule has 0 aliphatic carbocycles. The number of hydrogen-bond donors (Lipinski definition) is 2. The van der Waals surface area contributed by atoms with Crippen LogP contribution in [0.4, 0.5) is 5.69 Å². The number of carbonyl (C=O) groups excluding carboxylic acids is 1. The lowest BCUT2D eigenvalue weighted by atomic mass is 10.1. The van der Waals surface area contributed by atoms with Crippen LogP contribution in [0.3, 0.4) is 0 Å². The fraction of sp³-hybridized carbons (Fsp3) is 0.533. The maximum atomic E-state index is 12.0. The third-order valence-electron chi connectivity index (χ3n) is 2.97. The van der Waals surface area contributed by atoms with Crippen LogP contribution in [0, 0.1) is 6.92 Å². The summed E-state index contributed by atoms with van der Waals surface area (Å²) in [4.78, 5) is 14.1. The molecule has 1 amide bonds. The molecule has 0 heterocycles. The zero-order valence-corrected chi connectivity index (χ0v) is 12.8. The zero-order chi connectivity index (χ0) is 15.0. The number of aryl methyl sites for hydroxylation is 1. The molecule has 2 N–H and O–H groups in total. The second-order valence-corrected chi connectivity index (χ2v) is 4.95. The largest absolute Gasteiger partial charge is 0.388 e. The van der Waals surface area contributed by atoms with Crippen LogP contribution in [0.25, 0.3) is 0 Å². The van der Waals surface area contributed by atoms with E-state index in [-0.39, 0.29) is 5.91 Å². The second kappa shape index (κ2) is 8.55. The maximum absolute atomic E-state index is 12.0. The Kier molecular flexibility index (Phi) is 7.04. The molecule has 112 valence electrons. The van der Waals surface area contributed by atoms with E-state index in [2.05, 4.69) is 15.5 Å². The molecule has 5 nitrogen and oxygen atoms in total. The number of rotatable bonds is 8. The van der Waals surface area contributed by atoms with Gasteiger partial charge in [0.2, 0.25) is 0 Å². The molecular weight excluding hydrogens is 254 g/mol. The van der Waals surface area contributed by atoms with Gasteiger partial charge in [-0.05, 0) is 44.8 Å². The highest BCUT2D eigenvalue weighted by Crippen LogP contribution is 2.14. The summed E-state index contributed by atoms with van der Waals surface area (Å²) in [5.74, 6) is -0.0543. The Morgan fingerprint density at radius 2 is 2.05 bits per heavy atom. The zero-order valence-electron chi connectivity index (χ0n) is 12.8. The molecule has 0 aromatic heterocycles. The Labute approximate surface area is 121 Å². The molecule has 0 unspecified atom stereocenters. The quantitative estimate of drug-likeness (QED) is 0.705. The second-order valence-electron chi connectivity index (χ2n) is 4.95. The van der Waals surface area contributed by atoms with Crippen LogP contribution < -0.4 is 10.6 Å². The maximum Gasteiger partial charge on any atom is 0.251 e. The third-order valence-corrected chi connectivity index (χ3v) is 2.97. The first-order valence-corrected chi connectivity index (χ1v) is 6.83. The van der Waals surface area contributed by atoms with Crippen LogP contribution in [-0.2, 0) is 4.74 Å². The van der Waals surface area contributed by atoms with E-state index in [0.29, 0.717) is 25.3 Å². The molecular formula is C15H25N3O2. The van der Waals surface area contributed by atoms with Crippen molar-refractivity contribution in [3.05, 3.63) is 29.3 Å². The van der Waals surface area contributed by atoms with Crippen molar-refractivity contribution in [1.29, 1.82) is 0 Å². The number of carbonyl (C=O) groups is 1. The van der Waals surface area contributed by atoms with Crippen LogP contribution in [-0.4, -0.2) is 58.3 Å². The van der Waals surface area contributed by atoms with Gasteiger partial charge >= 0.3 is 0 Å². The number of benzene rings is 1. The Morgan fingerprint density at radius 3 is 2.65 bits per heavy atom. The first-order chi connectivity index (χ1) is 9.54. The van der Waals surface area contributed by atoms with Gasteiger partial charge in [-0.25, -0.2) is 0 Å². The van der Waals surface area contributed by atoms with E-state index in [4.69, 9.17) is 4.74 Å². The Morgan fingerprint density at radius 1 is 1.30 bits per heavy atom. The van der Waals surface area contributed by atoms with Gasteiger partial charge in [0.05, 0.1) is 13.2 Å². The van der Waals surface area contributed by atoms with Crippen LogP contribution >= 0.6 is 0 Å². The lowest BCUT2D eigenvalue weighted by Crippen LogP contribution is -2.28. The van der Waals surface area contributed by atoms with E-state index >= 15 is 0 Å². The van der Waals surface area contributed by atoms with Gasteiger partial charge < -0.3 is 20.3 Å². The molecule has 0 saturated heterocycles. The summed E-state index contributed by atoms with van der Waals surface area (Å²) in [5.41, 5.74) is 2.67. The van der Waals surface area contributed by atoms with E-state index in [0.717, 1.165) is 17.8 Å². The monoisotopic (exact) mass is 279 g/mol. The molecule has 0 radical (unpaired) electrons. The predicted molar refractivity (Wildman–Crippen MR) is 82.4 cm³/mol. The number of amides is 1. The summed E-state index contributed by atoms with van der Waals surface area (Å²) in [5, 5.41) is 5.92. The first-order valence-electron chi connectivity index (χ1n) is 6.83. The van der Waals surface area contributed by atoms with Crippen molar-refractivity contribution in [3.63, 3.8) is 0 Å². The van der Waals surface area contributed by atoms with Crippen LogP contribution in [0.5, 0.6) is 0 Å². The summed E-state index contributed by atoms with van der Waals surface area (Å²) >= 11 is 0.